The first kappa shape index (κ1) is 19.3. The predicted octanol–water partition coefficient (Wildman–Crippen LogP) is 5.54. The maximum absolute atomic E-state index is 12.5. The highest BCUT2D eigenvalue weighted by atomic mass is 16.5. The largest absolute Gasteiger partial charge is 0.490 e. The van der Waals surface area contributed by atoms with Crippen molar-refractivity contribution in [1.82, 2.24) is 0 Å². The number of para-hydroxylation sites is 1. The molecule has 1 aliphatic carbocycles. The topological polar surface area (TPSA) is 47.6 Å². The van der Waals surface area contributed by atoms with Crippen LogP contribution in [0.1, 0.15) is 57.9 Å². The van der Waals surface area contributed by atoms with Gasteiger partial charge in [0.1, 0.15) is 11.5 Å². The quantitative estimate of drug-likeness (QED) is 0.699. The summed E-state index contributed by atoms with van der Waals surface area (Å²) in [7, 11) is 0. The number of benzene rings is 2. The van der Waals surface area contributed by atoms with Gasteiger partial charge in [0, 0.05) is 5.69 Å². The molecule has 0 saturated heterocycles. The minimum absolute atomic E-state index is 0.168. The molecule has 2 aromatic rings. The summed E-state index contributed by atoms with van der Waals surface area (Å²) >= 11 is 0. The Morgan fingerprint density at radius 3 is 2.33 bits per heavy atom. The van der Waals surface area contributed by atoms with Gasteiger partial charge in [-0.3, -0.25) is 4.79 Å². The summed E-state index contributed by atoms with van der Waals surface area (Å²) in [6.45, 7) is 5.99. The highest BCUT2D eigenvalue weighted by Crippen LogP contribution is 2.27. The molecule has 0 aliphatic heterocycles. The van der Waals surface area contributed by atoms with E-state index in [-0.39, 0.29) is 5.91 Å². The van der Waals surface area contributed by atoms with Crippen molar-refractivity contribution in [3.63, 3.8) is 0 Å². The smallest absolute Gasteiger partial charge is 0.265 e. The number of carbonyl (C=O) groups is 1. The van der Waals surface area contributed by atoms with E-state index in [1.807, 2.05) is 48.5 Å². The number of hydrogen-bond acceptors (Lipinski definition) is 3. The predicted molar refractivity (Wildman–Crippen MR) is 109 cm³/mol. The number of rotatable bonds is 7. The first-order valence-electron chi connectivity index (χ1n) is 9.86. The van der Waals surface area contributed by atoms with Crippen LogP contribution < -0.4 is 14.8 Å². The number of amides is 1. The Hall–Kier alpha value is -2.49. The van der Waals surface area contributed by atoms with Crippen LogP contribution in [-0.4, -0.2) is 18.1 Å². The Morgan fingerprint density at radius 1 is 1.00 bits per heavy atom. The second-order valence-electron chi connectivity index (χ2n) is 7.49. The van der Waals surface area contributed by atoms with Crippen LogP contribution in [0.5, 0.6) is 11.5 Å². The summed E-state index contributed by atoms with van der Waals surface area (Å²) < 4.78 is 11.9. The van der Waals surface area contributed by atoms with Crippen LogP contribution in [0.2, 0.25) is 0 Å². The molecule has 1 saturated carbocycles. The molecular formula is C23H29NO3. The van der Waals surface area contributed by atoms with Gasteiger partial charge in [0.2, 0.25) is 0 Å². The fourth-order valence-electron chi connectivity index (χ4n) is 3.37. The zero-order chi connectivity index (χ0) is 19.2. The van der Waals surface area contributed by atoms with E-state index in [1.54, 1.807) is 6.92 Å². The van der Waals surface area contributed by atoms with Gasteiger partial charge in [0.25, 0.3) is 5.91 Å². The lowest BCUT2D eigenvalue weighted by Gasteiger charge is -2.19. The molecule has 1 aliphatic rings. The van der Waals surface area contributed by atoms with E-state index in [0.717, 1.165) is 35.6 Å². The monoisotopic (exact) mass is 367 g/mol. The third kappa shape index (κ3) is 5.25. The molecule has 0 aromatic heterocycles. The van der Waals surface area contributed by atoms with Crippen molar-refractivity contribution < 1.29 is 14.3 Å². The van der Waals surface area contributed by atoms with Gasteiger partial charge in [-0.15, -0.1) is 0 Å². The molecule has 0 unspecified atom stereocenters. The molecule has 0 spiro atoms. The van der Waals surface area contributed by atoms with E-state index in [0.29, 0.717) is 12.0 Å². The van der Waals surface area contributed by atoms with Crippen LogP contribution in [0, 0.1) is 0 Å². The summed E-state index contributed by atoms with van der Waals surface area (Å²) in [5.74, 6) is 1.78. The van der Waals surface area contributed by atoms with Gasteiger partial charge in [-0.25, -0.2) is 0 Å². The van der Waals surface area contributed by atoms with Crippen LogP contribution in [0.3, 0.4) is 0 Å². The molecule has 4 nitrogen and oxygen atoms in total. The molecule has 1 atom stereocenters. The van der Waals surface area contributed by atoms with Crippen molar-refractivity contribution in [2.45, 2.75) is 64.6 Å². The highest BCUT2D eigenvalue weighted by molar-refractivity contribution is 5.94. The number of ether oxygens (including phenoxy) is 2. The lowest BCUT2D eigenvalue weighted by Crippen LogP contribution is -2.30. The van der Waals surface area contributed by atoms with Crippen LogP contribution in [0.4, 0.5) is 5.69 Å². The maximum atomic E-state index is 12.5. The molecule has 2 aromatic carbocycles. The Kier molecular flexibility index (Phi) is 6.38. The van der Waals surface area contributed by atoms with E-state index in [2.05, 4.69) is 19.2 Å². The van der Waals surface area contributed by atoms with Gasteiger partial charge in [0.05, 0.1) is 6.10 Å². The summed E-state index contributed by atoms with van der Waals surface area (Å²) in [6.07, 6.45) is 4.50. The zero-order valence-corrected chi connectivity index (χ0v) is 16.4. The maximum Gasteiger partial charge on any atom is 0.265 e. The van der Waals surface area contributed by atoms with Gasteiger partial charge in [-0.05, 0) is 74.4 Å². The van der Waals surface area contributed by atoms with Crippen molar-refractivity contribution in [3.05, 3.63) is 54.1 Å². The summed E-state index contributed by atoms with van der Waals surface area (Å²) in [6, 6.07) is 15.4. The Balaban J connectivity index is 1.56. The second kappa shape index (κ2) is 8.94. The first-order chi connectivity index (χ1) is 13.0. The molecule has 4 heteroatoms. The molecular weight excluding hydrogens is 338 g/mol. The van der Waals surface area contributed by atoms with Gasteiger partial charge >= 0.3 is 0 Å². The summed E-state index contributed by atoms with van der Waals surface area (Å²) in [5.41, 5.74) is 1.84. The van der Waals surface area contributed by atoms with Crippen molar-refractivity contribution in [1.29, 1.82) is 0 Å². The van der Waals surface area contributed by atoms with Gasteiger partial charge < -0.3 is 14.8 Å². The van der Waals surface area contributed by atoms with Crippen LogP contribution in [0.25, 0.3) is 0 Å². The molecule has 0 radical (unpaired) electrons. The van der Waals surface area contributed by atoms with Crippen molar-refractivity contribution >= 4 is 11.6 Å². The van der Waals surface area contributed by atoms with E-state index in [4.69, 9.17) is 9.47 Å². The van der Waals surface area contributed by atoms with E-state index < -0.39 is 6.10 Å². The lowest BCUT2D eigenvalue weighted by atomic mass is 10.0. The Morgan fingerprint density at radius 2 is 1.67 bits per heavy atom. The van der Waals surface area contributed by atoms with Crippen molar-refractivity contribution in [2.24, 2.45) is 0 Å². The summed E-state index contributed by atoms with van der Waals surface area (Å²) in [4.78, 5) is 12.5. The third-order valence-corrected chi connectivity index (χ3v) is 4.94. The fourth-order valence-corrected chi connectivity index (χ4v) is 3.37. The number of hydrogen-bond donors (Lipinski definition) is 1. The first-order valence-corrected chi connectivity index (χ1v) is 9.86. The van der Waals surface area contributed by atoms with Crippen LogP contribution >= 0.6 is 0 Å². The third-order valence-electron chi connectivity index (χ3n) is 4.94. The molecule has 1 N–H and O–H groups in total. The van der Waals surface area contributed by atoms with Gasteiger partial charge in [-0.1, -0.05) is 32.0 Å². The second-order valence-corrected chi connectivity index (χ2v) is 7.49. The average molecular weight is 367 g/mol. The van der Waals surface area contributed by atoms with E-state index >= 15 is 0 Å². The highest BCUT2D eigenvalue weighted by Gasteiger charge is 2.18. The Bertz CT molecular complexity index is 748. The zero-order valence-electron chi connectivity index (χ0n) is 16.4. The molecule has 1 amide bonds. The Labute approximate surface area is 161 Å². The van der Waals surface area contributed by atoms with Crippen molar-refractivity contribution in [3.8, 4) is 11.5 Å². The minimum atomic E-state index is -0.584. The number of carbonyl (C=O) groups excluding carboxylic acids is 1. The SMILES string of the molecule is CC(C)c1ccccc1O[C@@H](C)C(=O)Nc1ccc(OC2CCCC2)cc1. The summed E-state index contributed by atoms with van der Waals surface area (Å²) in [5, 5.41) is 2.91. The van der Waals surface area contributed by atoms with E-state index in [1.165, 1.54) is 12.8 Å². The molecule has 144 valence electrons. The van der Waals surface area contributed by atoms with Gasteiger partial charge in [-0.2, -0.15) is 0 Å². The van der Waals surface area contributed by atoms with Crippen molar-refractivity contribution in [2.75, 3.05) is 5.32 Å². The van der Waals surface area contributed by atoms with E-state index in [9.17, 15) is 4.79 Å². The molecule has 27 heavy (non-hydrogen) atoms. The van der Waals surface area contributed by atoms with Crippen LogP contribution in [-0.2, 0) is 4.79 Å². The molecule has 0 bridgehead atoms. The molecule has 3 rings (SSSR count). The fraction of sp³-hybridized carbons (Fsp3) is 0.435. The van der Waals surface area contributed by atoms with Crippen LogP contribution in [0.15, 0.2) is 48.5 Å². The normalized spacial score (nSPS) is 15.6. The lowest BCUT2D eigenvalue weighted by molar-refractivity contribution is -0.122. The minimum Gasteiger partial charge on any atom is -0.490 e. The molecule has 1 fully saturated rings. The van der Waals surface area contributed by atoms with Gasteiger partial charge in [0.15, 0.2) is 6.10 Å². The molecule has 0 heterocycles. The standard InChI is InChI=1S/C23H29NO3/c1-16(2)21-10-6-7-11-22(21)26-17(3)23(25)24-18-12-14-20(15-13-18)27-19-8-4-5-9-19/h6-7,10-17,19H,4-5,8-9H2,1-3H3,(H,24,25)/t17-/m0/s1. The number of nitrogens with one attached hydrogen (secondary N) is 1. The average Bonchev–Trinajstić information content (AvgIpc) is 3.16. The number of anilines is 1.